The number of nitrogens with zero attached hydrogens (tertiary/aromatic N) is 2. The molecule has 1 atom stereocenters. The topological polar surface area (TPSA) is 52.1 Å². The van der Waals surface area contributed by atoms with Crippen LogP contribution in [0.25, 0.3) is 20.7 Å². The van der Waals surface area contributed by atoms with E-state index in [1.54, 1.807) is 17.7 Å². The Morgan fingerprint density at radius 3 is 2.83 bits per heavy atom. The maximum atomic E-state index is 12.0. The third kappa shape index (κ3) is 3.76. The van der Waals surface area contributed by atoms with Gasteiger partial charge in [-0.25, -0.2) is 9.97 Å². The van der Waals surface area contributed by atoms with Crippen LogP contribution in [0.5, 0.6) is 0 Å². The lowest BCUT2D eigenvalue weighted by atomic mass is 10.2. The molecule has 2 aromatic heterocycles. The van der Waals surface area contributed by atoms with Crippen molar-refractivity contribution < 1.29 is 9.53 Å². The monoisotopic (exact) mass is 358 g/mol. The fraction of sp³-hybridized carbons (Fsp3) is 0.278. The second kappa shape index (κ2) is 7.77. The molecule has 0 N–H and O–H groups in total. The smallest absolute Gasteiger partial charge is 0.319 e. The molecule has 0 bridgehead atoms. The average Bonchev–Trinajstić information content (AvgIpc) is 3.05. The van der Waals surface area contributed by atoms with E-state index in [4.69, 9.17) is 4.74 Å². The van der Waals surface area contributed by atoms with Gasteiger partial charge in [-0.05, 0) is 25.0 Å². The van der Waals surface area contributed by atoms with E-state index in [0.29, 0.717) is 6.61 Å². The summed E-state index contributed by atoms with van der Waals surface area (Å²) < 4.78 is 5.21. The van der Waals surface area contributed by atoms with Crippen molar-refractivity contribution in [2.45, 2.75) is 30.5 Å². The number of hydrogen-bond donors (Lipinski definition) is 0. The summed E-state index contributed by atoms with van der Waals surface area (Å²) in [5.74, 6) is -0.202. The summed E-state index contributed by atoms with van der Waals surface area (Å²) >= 11 is 3.05. The Bertz CT molecular complexity index is 833. The van der Waals surface area contributed by atoms with Crippen molar-refractivity contribution in [1.82, 2.24) is 9.97 Å². The molecule has 0 saturated carbocycles. The molecule has 0 fully saturated rings. The summed E-state index contributed by atoms with van der Waals surface area (Å²) in [4.78, 5) is 22.8. The Morgan fingerprint density at radius 2 is 2.08 bits per heavy atom. The van der Waals surface area contributed by atoms with Crippen molar-refractivity contribution in [2.75, 3.05) is 6.61 Å². The van der Waals surface area contributed by atoms with E-state index >= 15 is 0 Å². The van der Waals surface area contributed by atoms with Crippen molar-refractivity contribution in [3.8, 4) is 10.4 Å². The summed E-state index contributed by atoms with van der Waals surface area (Å²) in [5, 5.41) is 1.51. The zero-order valence-corrected chi connectivity index (χ0v) is 15.2. The fourth-order valence-corrected chi connectivity index (χ4v) is 4.17. The number of thiophene rings is 1. The minimum Gasteiger partial charge on any atom is -0.465 e. The first-order valence-corrected chi connectivity index (χ1v) is 9.52. The van der Waals surface area contributed by atoms with Gasteiger partial charge in [0.25, 0.3) is 0 Å². The van der Waals surface area contributed by atoms with Gasteiger partial charge in [0.15, 0.2) is 0 Å². The molecule has 0 saturated heterocycles. The molecule has 24 heavy (non-hydrogen) atoms. The Morgan fingerprint density at radius 1 is 1.29 bits per heavy atom. The van der Waals surface area contributed by atoms with Crippen LogP contribution in [-0.4, -0.2) is 27.8 Å². The maximum absolute atomic E-state index is 12.0. The van der Waals surface area contributed by atoms with Crippen LogP contribution in [0.4, 0.5) is 0 Å². The molecule has 124 valence electrons. The molecule has 1 aromatic carbocycles. The minimum absolute atomic E-state index is 0.202. The second-order valence-electron chi connectivity index (χ2n) is 5.30. The molecule has 4 nitrogen and oxygen atoms in total. The highest BCUT2D eigenvalue weighted by Gasteiger charge is 2.19. The van der Waals surface area contributed by atoms with Crippen molar-refractivity contribution >= 4 is 39.3 Å². The van der Waals surface area contributed by atoms with Crippen LogP contribution in [0.2, 0.25) is 0 Å². The molecule has 0 spiro atoms. The first-order chi connectivity index (χ1) is 11.7. The standard InChI is InChI=1S/C18H18N2O2S2/c1-3-9-22-18(21)12(2)23-16-14-10-15(13-7-5-4-6-8-13)24-17(14)20-11-19-16/h4-8,10-12H,3,9H2,1-2H3. The number of fused-ring (bicyclic) bond motifs is 1. The van der Waals surface area contributed by atoms with Crippen molar-refractivity contribution in [3.05, 3.63) is 42.7 Å². The Kier molecular flexibility index (Phi) is 5.48. The highest BCUT2D eigenvalue weighted by atomic mass is 32.2. The van der Waals surface area contributed by atoms with Crippen LogP contribution in [-0.2, 0) is 9.53 Å². The molecular weight excluding hydrogens is 340 g/mol. The van der Waals surface area contributed by atoms with Gasteiger partial charge in [0.05, 0.1) is 6.61 Å². The number of carbonyl (C=O) groups is 1. The molecule has 0 radical (unpaired) electrons. The van der Waals surface area contributed by atoms with E-state index < -0.39 is 0 Å². The SMILES string of the molecule is CCCOC(=O)C(C)Sc1ncnc2sc(-c3ccccc3)cc12. The summed E-state index contributed by atoms with van der Waals surface area (Å²) in [6, 6.07) is 12.3. The van der Waals surface area contributed by atoms with Crippen molar-refractivity contribution in [2.24, 2.45) is 0 Å². The van der Waals surface area contributed by atoms with Gasteiger partial charge in [-0.3, -0.25) is 4.79 Å². The van der Waals surface area contributed by atoms with Gasteiger partial charge < -0.3 is 4.74 Å². The number of ether oxygens (including phenoxy) is 1. The summed E-state index contributed by atoms with van der Waals surface area (Å²) in [7, 11) is 0. The zero-order valence-electron chi connectivity index (χ0n) is 13.6. The number of thioether (sulfide) groups is 1. The lowest BCUT2D eigenvalue weighted by molar-refractivity contribution is -0.142. The molecular formula is C18H18N2O2S2. The fourth-order valence-electron chi connectivity index (χ4n) is 2.21. The first kappa shape index (κ1) is 16.9. The lowest BCUT2D eigenvalue weighted by Gasteiger charge is -2.10. The second-order valence-corrected chi connectivity index (χ2v) is 7.66. The average molecular weight is 358 g/mol. The van der Waals surface area contributed by atoms with Crippen LogP contribution in [0.3, 0.4) is 0 Å². The number of benzene rings is 1. The number of carbonyl (C=O) groups excluding carboxylic acids is 1. The predicted molar refractivity (Wildman–Crippen MR) is 99.4 cm³/mol. The molecule has 6 heteroatoms. The van der Waals surface area contributed by atoms with Crippen LogP contribution in [0.15, 0.2) is 47.8 Å². The third-order valence-electron chi connectivity index (χ3n) is 3.42. The van der Waals surface area contributed by atoms with E-state index in [9.17, 15) is 4.79 Å². The molecule has 0 aliphatic heterocycles. The molecule has 2 heterocycles. The van der Waals surface area contributed by atoms with E-state index in [2.05, 4.69) is 28.2 Å². The lowest BCUT2D eigenvalue weighted by Crippen LogP contribution is -2.17. The van der Waals surface area contributed by atoms with Crippen LogP contribution >= 0.6 is 23.1 Å². The molecule has 0 aliphatic rings. The Hall–Kier alpha value is -1.92. The van der Waals surface area contributed by atoms with E-state index in [1.807, 2.05) is 32.0 Å². The molecule has 3 aromatic rings. The van der Waals surface area contributed by atoms with Crippen LogP contribution in [0, 0.1) is 0 Å². The summed E-state index contributed by atoms with van der Waals surface area (Å²) in [6.45, 7) is 4.29. The minimum atomic E-state index is -0.297. The van der Waals surface area contributed by atoms with Gasteiger partial charge >= 0.3 is 5.97 Å². The van der Waals surface area contributed by atoms with Gasteiger partial charge in [0.1, 0.15) is 21.4 Å². The molecule has 1 unspecified atom stereocenters. The van der Waals surface area contributed by atoms with Crippen molar-refractivity contribution in [1.29, 1.82) is 0 Å². The molecule has 0 aliphatic carbocycles. The van der Waals surface area contributed by atoms with E-state index in [0.717, 1.165) is 32.1 Å². The number of rotatable bonds is 6. The highest BCUT2D eigenvalue weighted by molar-refractivity contribution is 8.00. The van der Waals surface area contributed by atoms with Gasteiger partial charge in [-0.2, -0.15) is 0 Å². The largest absolute Gasteiger partial charge is 0.465 e. The third-order valence-corrected chi connectivity index (χ3v) is 5.61. The molecule has 0 amide bonds. The van der Waals surface area contributed by atoms with Gasteiger partial charge in [-0.1, -0.05) is 49.0 Å². The Balaban J connectivity index is 1.86. The van der Waals surface area contributed by atoms with Crippen molar-refractivity contribution in [3.63, 3.8) is 0 Å². The predicted octanol–water partition coefficient (Wildman–Crippen LogP) is 4.79. The zero-order chi connectivity index (χ0) is 16.9. The normalized spacial score (nSPS) is 12.2. The quantitative estimate of drug-likeness (QED) is 0.360. The summed E-state index contributed by atoms with van der Waals surface area (Å²) in [6.07, 6.45) is 2.38. The first-order valence-electron chi connectivity index (χ1n) is 7.82. The van der Waals surface area contributed by atoms with Crippen LogP contribution in [0.1, 0.15) is 20.3 Å². The van der Waals surface area contributed by atoms with Gasteiger partial charge in [0, 0.05) is 10.3 Å². The highest BCUT2D eigenvalue weighted by Crippen LogP contribution is 2.37. The number of hydrogen-bond acceptors (Lipinski definition) is 6. The van der Waals surface area contributed by atoms with Gasteiger partial charge in [-0.15, -0.1) is 11.3 Å². The molecule has 3 rings (SSSR count). The number of esters is 1. The maximum Gasteiger partial charge on any atom is 0.319 e. The van der Waals surface area contributed by atoms with Gasteiger partial charge in [0.2, 0.25) is 0 Å². The van der Waals surface area contributed by atoms with E-state index in [1.165, 1.54) is 11.8 Å². The number of aromatic nitrogens is 2. The van der Waals surface area contributed by atoms with Crippen LogP contribution < -0.4 is 0 Å². The summed E-state index contributed by atoms with van der Waals surface area (Å²) in [5.41, 5.74) is 1.16. The van der Waals surface area contributed by atoms with E-state index in [-0.39, 0.29) is 11.2 Å². The Labute approximate surface area is 149 Å².